The minimum Gasteiger partial charge on any atom is -0.323 e. The van der Waals surface area contributed by atoms with Gasteiger partial charge in [-0.2, -0.15) is 5.10 Å². The molecule has 0 fully saturated rings. The number of hydrogen-bond acceptors (Lipinski definition) is 5. The highest BCUT2D eigenvalue weighted by Crippen LogP contribution is 2.26. The number of anilines is 1. The van der Waals surface area contributed by atoms with Crippen LogP contribution in [0.4, 0.5) is 5.69 Å². The first-order valence-electron chi connectivity index (χ1n) is 8.79. The SMILES string of the molecule is C=CCn1c(SCC(=O)Nc2cc(Cl)ccc2-n2cncn2)nc2ccccc21. The summed E-state index contributed by atoms with van der Waals surface area (Å²) in [6.45, 7) is 4.43. The molecule has 0 bridgehead atoms. The van der Waals surface area contributed by atoms with Gasteiger partial charge in [0.2, 0.25) is 5.91 Å². The number of rotatable bonds is 7. The lowest BCUT2D eigenvalue weighted by Crippen LogP contribution is -2.16. The third-order valence-electron chi connectivity index (χ3n) is 4.16. The van der Waals surface area contributed by atoms with E-state index in [1.165, 1.54) is 18.1 Å². The molecule has 4 aromatic rings. The zero-order chi connectivity index (χ0) is 20.2. The van der Waals surface area contributed by atoms with E-state index < -0.39 is 0 Å². The van der Waals surface area contributed by atoms with Crippen LogP contribution in [0, 0.1) is 0 Å². The molecule has 0 spiro atoms. The van der Waals surface area contributed by atoms with E-state index in [2.05, 4.69) is 27.0 Å². The number of fused-ring (bicyclic) bond motifs is 1. The highest BCUT2D eigenvalue weighted by molar-refractivity contribution is 7.99. The summed E-state index contributed by atoms with van der Waals surface area (Å²) in [6.07, 6.45) is 4.81. The molecule has 0 aliphatic heterocycles. The van der Waals surface area contributed by atoms with Crippen molar-refractivity contribution in [3.05, 3.63) is 72.8 Å². The molecule has 29 heavy (non-hydrogen) atoms. The molecule has 4 rings (SSSR count). The highest BCUT2D eigenvalue weighted by Gasteiger charge is 2.14. The second-order valence-electron chi connectivity index (χ2n) is 6.12. The number of thioether (sulfide) groups is 1. The summed E-state index contributed by atoms with van der Waals surface area (Å²) in [5, 5.41) is 8.31. The maximum atomic E-state index is 12.6. The summed E-state index contributed by atoms with van der Waals surface area (Å²) in [6, 6.07) is 13.1. The maximum absolute atomic E-state index is 12.6. The molecule has 1 N–H and O–H groups in total. The number of nitrogens with zero attached hydrogens (tertiary/aromatic N) is 5. The number of nitrogens with one attached hydrogen (secondary N) is 1. The quantitative estimate of drug-likeness (QED) is 0.355. The fourth-order valence-corrected chi connectivity index (χ4v) is 3.92. The topological polar surface area (TPSA) is 77.6 Å². The lowest BCUT2D eigenvalue weighted by Gasteiger charge is -2.11. The summed E-state index contributed by atoms with van der Waals surface area (Å²) in [7, 11) is 0. The van der Waals surface area contributed by atoms with Gasteiger partial charge in [0.15, 0.2) is 5.16 Å². The first-order chi connectivity index (χ1) is 14.2. The summed E-state index contributed by atoms with van der Waals surface area (Å²) >= 11 is 7.48. The van der Waals surface area contributed by atoms with Gasteiger partial charge in [-0.05, 0) is 30.3 Å². The zero-order valence-corrected chi connectivity index (χ0v) is 16.9. The minimum absolute atomic E-state index is 0.171. The third-order valence-corrected chi connectivity index (χ3v) is 5.37. The van der Waals surface area contributed by atoms with Crippen molar-refractivity contribution in [1.29, 1.82) is 0 Å². The standard InChI is InChI=1S/C20H17ClN6OS/c1-2-9-26-17-6-4-3-5-15(17)25-20(26)29-11-19(28)24-16-10-14(21)7-8-18(16)27-13-22-12-23-27/h2-8,10,12-13H,1,9,11H2,(H,24,28). The van der Waals surface area contributed by atoms with Crippen molar-refractivity contribution in [2.45, 2.75) is 11.7 Å². The number of carbonyl (C=O) groups excluding carboxylic acids is 1. The number of halogens is 1. The minimum atomic E-state index is -0.171. The van der Waals surface area contributed by atoms with Gasteiger partial charge >= 0.3 is 0 Å². The molecule has 2 heterocycles. The lowest BCUT2D eigenvalue weighted by molar-refractivity contribution is -0.113. The van der Waals surface area contributed by atoms with Crippen molar-refractivity contribution >= 4 is 46.0 Å². The number of allylic oxidation sites excluding steroid dienone is 1. The molecule has 1 amide bonds. The maximum Gasteiger partial charge on any atom is 0.234 e. The Bertz CT molecular complexity index is 1170. The van der Waals surface area contributed by atoms with Gasteiger partial charge in [-0.1, -0.05) is 41.6 Å². The molecule has 0 aliphatic carbocycles. The first-order valence-corrected chi connectivity index (χ1v) is 10.2. The molecule has 146 valence electrons. The van der Waals surface area contributed by atoms with Crippen LogP contribution >= 0.6 is 23.4 Å². The zero-order valence-electron chi connectivity index (χ0n) is 15.3. The van der Waals surface area contributed by atoms with E-state index in [1.54, 1.807) is 29.2 Å². The van der Waals surface area contributed by atoms with Crippen molar-refractivity contribution in [3.63, 3.8) is 0 Å². The molecule has 2 aromatic heterocycles. The second kappa shape index (κ2) is 8.50. The number of aromatic nitrogens is 5. The van der Waals surface area contributed by atoms with Crippen LogP contribution in [-0.2, 0) is 11.3 Å². The predicted molar refractivity (Wildman–Crippen MR) is 116 cm³/mol. The molecular formula is C20H17ClN6OS. The smallest absolute Gasteiger partial charge is 0.234 e. The average Bonchev–Trinajstić information content (AvgIpc) is 3.36. The summed E-state index contributed by atoms with van der Waals surface area (Å²) in [5.74, 6) is 0.0277. The van der Waals surface area contributed by atoms with Gasteiger partial charge in [0.25, 0.3) is 0 Å². The van der Waals surface area contributed by atoms with E-state index >= 15 is 0 Å². The van der Waals surface area contributed by atoms with Crippen LogP contribution in [0.15, 0.2) is 72.9 Å². The van der Waals surface area contributed by atoms with Gasteiger partial charge < -0.3 is 9.88 Å². The largest absolute Gasteiger partial charge is 0.323 e. The average molecular weight is 425 g/mol. The molecule has 0 unspecified atom stereocenters. The van der Waals surface area contributed by atoms with Crippen LogP contribution in [0.3, 0.4) is 0 Å². The van der Waals surface area contributed by atoms with Gasteiger partial charge in [0.05, 0.1) is 28.2 Å². The lowest BCUT2D eigenvalue weighted by atomic mass is 10.2. The Morgan fingerprint density at radius 1 is 1.28 bits per heavy atom. The van der Waals surface area contributed by atoms with Crippen LogP contribution in [-0.4, -0.2) is 36.0 Å². The second-order valence-corrected chi connectivity index (χ2v) is 7.50. The molecule has 0 atom stereocenters. The number of benzene rings is 2. The Labute approximate surface area is 176 Å². The van der Waals surface area contributed by atoms with E-state index in [-0.39, 0.29) is 11.7 Å². The van der Waals surface area contributed by atoms with Gasteiger partial charge in [0.1, 0.15) is 12.7 Å². The van der Waals surface area contributed by atoms with Gasteiger partial charge in [-0.3, -0.25) is 4.79 Å². The Kier molecular flexibility index (Phi) is 5.64. The third kappa shape index (κ3) is 4.18. The summed E-state index contributed by atoms with van der Waals surface area (Å²) < 4.78 is 3.61. The van der Waals surface area contributed by atoms with E-state index in [4.69, 9.17) is 11.6 Å². The van der Waals surface area contributed by atoms with Crippen molar-refractivity contribution in [1.82, 2.24) is 24.3 Å². The van der Waals surface area contributed by atoms with Crippen molar-refractivity contribution in [3.8, 4) is 5.69 Å². The normalized spacial score (nSPS) is 10.9. The van der Waals surface area contributed by atoms with E-state index in [1.807, 2.05) is 34.9 Å². The molecule has 0 aliphatic rings. The van der Waals surface area contributed by atoms with Crippen molar-refractivity contribution < 1.29 is 4.79 Å². The number of amides is 1. The van der Waals surface area contributed by atoms with Gasteiger partial charge in [-0.15, -0.1) is 6.58 Å². The number of para-hydroxylation sites is 2. The van der Waals surface area contributed by atoms with Crippen LogP contribution in [0.25, 0.3) is 16.7 Å². The monoisotopic (exact) mass is 424 g/mol. The van der Waals surface area contributed by atoms with Crippen LogP contribution in [0.2, 0.25) is 5.02 Å². The molecule has 9 heteroatoms. The molecule has 0 saturated heterocycles. The number of imidazole rings is 1. The van der Waals surface area contributed by atoms with Crippen LogP contribution in [0.5, 0.6) is 0 Å². The van der Waals surface area contributed by atoms with Crippen LogP contribution in [0.1, 0.15) is 0 Å². The summed E-state index contributed by atoms with van der Waals surface area (Å²) in [4.78, 5) is 21.2. The van der Waals surface area contributed by atoms with E-state index in [9.17, 15) is 4.79 Å². The first kappa shape index (κ1) is 19.2. The summed E-state index contributed by atoms with van der Waals surface area (Å²) in [5.41, 5.74) is 3.15. The Hall–Kier alpha value is -3.10. The van der Waals surface area contributed by atoms with E-state index in [0.717, 1.165) is 16.2 Å². The molecule has 0 radical (unpaired) electrons. The van der Waals surface area contributed by atoms with E-state index in [0.29, 0.717) is 22.9 Å². The Morgan fingerprint density at radius 2 is 2.14 bits per heavy atom. The fraction of sp³-hybridized carbons (Fsp3) is 0.100. The number of carbonyl (C=O) groups is 1. The van der Waals surface area contributed by atoms with Gasteiger partial charge in [0, 0.05) is 11.6 Å². The molecule has 7 nitrogen and oxygen atoms in total. The predicted octanol–water partition coefficient (Wildman–Crippen LogP) is 4.19. The van der Waals surface area contributed by atoms with Crippen molar-refractivity contribution in [2.75, 3.05) is 11.1 Å². The van der Waals surface area contributed by atoms with Gasteiger partial charge in [-0.25, -0.2) is 14.6 Å². The Balaban J connectivity index is 1.52. The molecule has 0 saturated carbocycles. The Morgan fingerprint density at radius 3 is 2.93 bits per heavy atom. The number of hydrogen-bond donors (Lipinski definition) is 1. The highest BCUT2D eigenvalue weighted by atomic mass is 35.5. The van der Waals surface area contributed by atoms with Crippen molar-refractivity contribution in [2.24, 2.45) is 0 Å². The molecular weight excluding hydrogens is 408 g/mol. The molecule has 2 aromatic carbocycles. The fourth-order valence-electron chi connectivity index (χ4n) is 2.93. The van der Waals surface area contributed by atoms with Crippen LogP contribution < -0.4 is 5.32 Å².